The normalized spacial score (nSPS) is 24.6. The Balaban J connectivity index is 1.95. The Morgan fingerprint density at radius 3 is 2.44 bits per heavy atom. The summed E-state index contributed by atoms with van der Waals surface area (Å²) in [5.74, 6) is 0.373. The third-order valence-electron chi connectivity index (χ3n) is 4.84. The van der Waals surface area contributed by atoms with Gasteiger partial charge in [-0.15, -0.1) is 0 Å². The predicted octanol–water partition coefficient (Wildman–Crippen LogP) is 0.929. The molecule has 18 heavy (non-hydrogen) atoms. The van der Waals surface area contributed by atoms with Crippen LogP contribution in [0.3, 0.4) is 0 Å². The van der Waals surface area contributed by atoms with Crippen molar-refractivity contribution in [2.45, 2.75) is 38.1 Å². The van der Waals surface area contributed by atoms with Crippen LogP contribution in [0.25, 0.3) is 0 Å². The third kappa shape index (κ3) is 2.54. The molecule has 0 unspecified atom stereocenters. The number of carbonyl (C=O) groups excluding carboxylic acids is 1. The van der Waals surface area contributed by atoms with E-state index < -0.39 is 0 Å². The fraction of sp³-hybridized carbons (Fsp3) is 0.929. The summed E-state index contributed by atoms with van der Waals surface area (Å²) in [4.78, 5) is 17.1. The van der Waals surface area contributed by atoms with Gasteiger partial charge in [0.25, 0.3) is 0 Å². The van der Waals surface area contributed by atoms with E-state index in [0.29, 0.717) is 11.9 Å². The molecule has 4 nitrogen and oxygen atoms in total. The number of hydrogen-bond donors (Lipinski definition) is 1. The molecule has 0 aromatic heterocycles. The summed E-state index contributed by atoms with van der Waals surface area (Å²) in [5, 5.41) is 3.20. The van der Waals surface area contributed by atoms with Gasteiger partial charge >= 0.3 is 0 Å². The van der Waals surface area contributed by atoms with Crippen molar-refractivity contribution in [2.75, 3.05) is 40.8 Å². The van der Waals surface area contributed by atoms with Gasteiger partial charge < -0.3 is 15.1 Å². The van der Waals surface area contributed by atoms with E-state index in [0.717, 1.165) is 45.3 Å². The van der Waals surface area contributed by atoms with Gasteiger partial charge in [-0.05, 0) is 52.9 Å². The van der Waals surface area contributed by atoms with E-state index in [4.69, 9.17) is 0 Å². The molecule has 1 heterocycles. The lowest BCUT2D eigenvalue weighted by molar-refractivity contribution is -0.148. The van der Waals surface area contributed by atoms with Crippen molar-refractivity contribution in [2.24, 2.45) is 5.41 Å². The topological polar surface area (TPSA) is 35.6 Å². The maximum Gasteiger partial charge on any atom is 0.230 e. The van der Waals surface area contributed by atoms with Gasteiger partial charge in [-0.25, -0.2) is 0 Å². The molecule has 0 radical (unpaired) electrons. The van der Waals surface area contributed by atoms with Gasteiger partial charge in [0.15, 0.2) is 0 Å². The van der Waals surface area contributed by atoms with Gasteiger partial charge in [0, 0.05) is 19.6 Å². The number of rotatable bonds is 4. The zero-order valence-electron chi connectivity index (χ0n) is 12.0. The molecule has 1 N–H and O–H groups in total. The molecule has 4 heteroatoms. The van der Waals surface area contributed by atoms with E-state index in [-0.39, 0.29) is 5.41 Å². The van der Waals surface area contributed by atoms with Crippen molar-refractivity contribution in [3.63, 3.8) is 0 Å². The first kappa shape index (κ1) is 13.8. The average Bonchev–Trinajstić information content (AvgIpc) is 2.33. The van der Waals surface area contributed by atoms with Gasteiger partial charge in [0.05, 0.1) is 5.41 Å². The van der Waals surface area contributed by atoms with Crippen molar-refractivity contribution in [1.29, 1.82) is 0 Å². The smallest absolute Gasteiger partial charge is 0.230 e. The second-order valence-electron chi connectivity index (χ2n) is 6.11. The highest BCUT2D eigenvalue weighted by atomic mass is 16.2. The van der Waals surface area contributed by atoms with Gasteiger partial charge in [-0.3, -0.25) is 4.79 Å². The van der Waals surface area contributed by atoms with E-state index in [1.165, 1.54) is 6.42 Å². The zero-order valence-corrected chi connectivity index (χ0v) is 12.0. The van der Waals surface area contributed by atoms with Crippen molar-refractivity contribution >= 4 is 5.91 Å². The Morgan fingerprint density at radius 1 is 1.39 bits per heavy atom. The quantitative estimate of drug-likeness (QED) is 0.809. The Hall–Kier alpha value is -0.610. The Labute approximate surface area is 111 Å². The maximum atomic E-state index is 12.7. The molecule has 104 valence electrons. The van der Waals surface area contributed by atoms with Crippen LogP contribution in [0.1, 0.15) is 32.1 Å². The number of nitrogens with one attached hydrogen (secondary N) is 1. The van der Waals surface area contributed by atoms with Crippen LogP contribution in [0.4, 0.5) is 0 Å². The van der Waals surface area contributed by atoms with Crippen LogP contribution in [0, 0.1) is 5.41 Å². The van der Waals surface area contributed by atoms with Crippen LogP contribution in [0.5, 0.6) is 0 Å². The first-order chi connectivity index (χ1) is 8.59. The number of likely N-dealkylation sites (tertiary alicyclic amines) is 1. The summed E-state index contributed by atoms with van der Waals surface area (Å²) in [7, 11) is 6.11. The molecule has 0 aromatic rings. The standard InChI is InChI=1S/C14H27N3O/c1-15-11-14(7-4-8-14)13(18)17(3)12-5-9-16(2)10-6-12/h12,15H,4-11H2,1-3H3. The highest BCUT2D eigenvalue weighted by Crippen LogP contribution is 2.42. The summed E-state index contributed by atoms with van der Waals surface area (Å²) in [6.45, 7) is 3.06. The lowest BCUT2D eigenvalue weighted by Gasteiger charge is -2.45. The molecular weight excluding hydrogens is 226 g/mol. The van der Waals surface area contributed by atoms with Gasteiger partial charge in [-0.1, -0.05) is 6.42 Å². The van der Waals surface area contributed by atoms with Crippen molar-refractivity contribution in [3.05, 3.63) is 0 Å². The Kier molecular flexibility index (Phi) is 4.28. The monoisotopic (exact) mass is 253 g/mol. The second-order valence-corrected chi connectivity index (χ2v) is 6.11. The van der Waals surface area contributed by atoms with E-state index in [9.17, 15) is 4.79 Å². The number of amides is 1. The molecule has 0 aromatic carbocycles. The van der Waals surface area contributed by atoms with Crippen LogP contribution in [0.2, 0.25) is 0 Å². The number of piperidine rings is 1. The van der Waals surface area contributed by atoms with Crippen LogP contribution < -0.4 is 5.32 Å². The third-order valence-corrected chi connectivity index (χ3v) is 4.84. The van der Waals surface area contributed by atoms with Crippen LogP contribution in [-0.2, 0) is 4.79 Å². The highest BCUT2D eigenvalue weighted by molar-refractivity contribution is 5.84. The average molecular weight is 253 g/mol. The van der Waals surface area contributed by atoms with Crippen molar-refractivity contribution < 1.29 is 4.79 Å². The molecule has 1 saturated heterocycles. The lowest BCUT2D eigenvalue weighted by atomic mass is 9.67. The first-order valence-corrected chi connectivity index (χ1v) is 7.19. The molecule has 1 amide bonds. The largest absolute Gasteiger partial charge is 0.342 e. The molecule has 2 fully saturated rings. The van der Waals surface area contributed by atoms with E-state index in [1.54, 1.807) is 0 Å². The van der Waals surface area contributed by atoms with Crippen LogP contribution >= 0.6 is 0 Å². The van der Waals surface area contributed by atoms with E-state index in [2.05, 4.69) is 17.3 Å². The number of nitrogens with zero attached hydrogens (tertiary/aromatic N) is 2. The minimum Gasteiger partial charge on any atom is -0.342 e. The Bertz CT molecular complexity index is 293. The van der Waals surface area contributed by atoms with Gasteiger partial charge in [0.2, 0.25) is 5.91 Å². The van der Waals surface area contributed by atoms with Crippen LogP contribution in [0.15, 0.2) is 0 Å². The summed E-state index contributed by atoms with van der Waals surface area (Å²) >= 11 is 0. The number of carbonyl (C=O) groups is 1. The summed E-state index contributed by atoms with van der Waals surface area (Å²) in [5.41, 5.74) is -0.0904. The Morgan fingerprint density at radius 2 is 2.00 bits per heavy atom. The number of hydrogen-bond acceptors (Lipinski definition) is 3. The SMILES string of the molecule is CNCC1(C(=O)N(C)C2CCN(C)CC2)CCC1. The lowest BCUT2D eigenvalue weighted by Crippen LogP contribution is -2.55. The molecule has 0 bridgehead atoms. The van der Waals surface area contributed by atoms with E-state index >= 15 is 0 Å². The molecular formula is C14H27N3O. The molecule has 2 rings (SSSR count). The molecule has 1 aliphatic heterocycles. The van der Waals surface area contributed by atoms with Gasteiger partial charge in [-0.2, -0.15) is 0 Å². The van der Waals surface area contributed by atoms with Crippen molar-refractivity contribution in [3.8, 4) is 0 Å². The predicted molar refractivity (Wildman–Crippen MR) is 73.5 cm³/mol. The van der Waals surface area contributed by atoms with Gasteiger partial charge in [0.1, 0.15) is 0 Å². The minimum absolute atomic E-state index is 0.0904. The summed E-state index contributed by atoms with van der Waals surface area (Å²) < 4.78 is 0. The first-order valence-electron chi connectivity index (χ1n) is 7.19. The molecule has 0 atom stereocenters. The maximum absolute atomic E-state index is 12.7. The van der Waals surface area contributed by atoms with Crippen LogP contribution in [-0.4, -0.2) is 62.5 Å². The summed E-state index contributed by atoms with van der Waals surface area (Å²) in [6.07, 6.45) is 5.56. The fourth-order valence-electron chi connectivity index (χ4n) is 3.33. The summed E-state index contributed by atoms with van der Waals surface area (Å²) in [6, 6.07) is 0.447. The zero-order chi connectivity index (χ0) is 13.2. The minimum atomic E-state index is -0.0904. The molecule has 0 spiro atoms. The second kappa shape index (κ2) is 5.57. The highest BCUT2D eigenvalue weighted by Gasteiger charge is 2.46. The fourth-order valence-corrected chi connectivity index (χ4v) is 3.33. The molecule has 1 aliphatic carbocycles. The van der Waals surface area contributed by atoms with E-state index in [1.807, 2.05) is 19.0 Å². The molecule has 1 saturated carbocycles. The molecule has 2 aliphatic rings. The van der Waals surface area contributed by atoms with Crippen molar-refractivity contribution in [1.82, 2.24) is 15.1 Å².